The van der Waals surface area contributed by atoms with Crippen molar-refractivity contribution in [3.05, 3.63) is 90.1 Å². The maximum absolute atomic E-state index is 10.5. The zero-order chi connectivity index (χ0) is 31.8. The Morgan fingerprint density at radius 1 is 0.884 bits per heavy atom. The number of benzene rings is 2. The van der Waals surface area contributed by atoms with Crippen molar-refractivity contribution < 1.29 is 9.59 Å². The number of nitrogens with zero attached hydrogens (tertiary/aromatic N) is 2. The second kappa shape index (κ2) is 23.3. The first-order valence-corrected chi connectivity index (χ1v) is 16.3. The predicted molar refractivity (Wildman–Crippen MR) is 184 cm³/mol. The summed E-state index contributed by atoms with van der Waals surface area (Å²) in [5.41, 5.74) is 3.95. The van der Waals surface area contributed by atoms with Gasteiger partial charge in [0.15, 0.2) is 0 Å². The van der Waals surface area contributed by atoms with Gasteiger partial charge in [0.2, 0.25) is 6.41 Å². The van der Waals surface area contributed by atoms with Gasteiger partial charge in [-0.25, -0.2) is 0 Å². The number of amides is 1. The summed E-state index contributed by atoms with van der Waals surface area (Å²) in [4.78, 5) is 25.5. The molecule has 1 heterocycles. The van der Waals surface area contributed by atoms with Gasteiger partial charge in [0, 0.05) is 46.3 Å². The molecular formula is C37H58N4O2. The van der Waals surface area contributed by atoms with Crippen molar-refractivity contribution in [3.8, 4) is 0 Å². The molecule has 2 aromatic rings. The molecule has 4 rings (SSSR count). The molecule has 1 aliphatic heterocycles. The van der Waals surface area contributed by atoms with E-state index in [0.717, 1.165) is 36.9 Å². The van der Waals surface area contributed by atoms with Crippen LogP contribution in [0, 0.1) is 5.41 Å². The second-order valence-corrected chi connectivity index (χ2v) is 10.9. The largest absolute Gasteiger partial charge is 0.383 e. The topological polar surface area (TPSA) is 64.7 Å². The number of aldehydes is 1. The molecule has 1 saturated heterocycles. The molecule has 6 nitrogen and oxygen atoms in total. The minimum Gasteiger partial charge on any atom is -0.383 e. The lowest BCUT2D eigenvalue weighted by Crippen LogP contribution is -2.46. The van der Waals surface area contributed by atoms with E-state index in [2.05, 4.69) is 45.9 Å². The molecule has 1 aliphatic carbocycles. The number of hydrogen-bond donors (Lipinski definition) is 2. The quantitative estimate of drug-likeness (QED) is 0.119. The third-order valence-corrected chi connectivity index (χ3v) is 7.75. The molecule has 1 amide bonds. The van der Waals surface area contributed by atoms with Crippen LogP contribution in [0.15, 0.2) is 79.0 Å². The zero-order valence-corrected chi connectivity index (χ0v) is 27.7. The Bertz CT molecular complexity index is 1030. The van der Waals surface area contributed by atoms with Crippen LogP contribution in [0.25, 0.3) is 5.57 Å². The summed E-state index contributed by atoms with van der Waals surface area (Å²) in [6.45, 7) is 12.9. The molecule has 1 atom stereocenters. The molecule has 1 unspecified atom stereocenters. The summed E-state index contributed by atoms with van der Waals surface area (Å²) in [6, 6.07) is 21.2. The van der Waals surface area contributed by atoms with Gasteiger partial charge < -0.3 is 15.5 Å². The maximum Gasteiger partial charge on any atom is 0.207 e. The third kappa shape index (κ3) is 14.2. The van der Waals surface area contributed by atoms with Gasteiger partial charge in [0.05, 0.1) is 0 Å². The zero-order valence-electron chi connectivity index (χ0n) is 27.7. The highest BCUT2D eigenvalue weighted by Gasteiger charge is 2.39. The number of hydrogen-bond acceptors (Lipinski definition) is 5. The summed E-state index contributed by atoms with van der Waals surface area (Å²) in [5, 5.41) is 6.26. The highest BCUT2D eigenvalue weighted by Crippen LogP contribution is 2.46. The summed E-state index contributed by atoms with van der Waals surface area (Å²) in [7, 11) is 3.89. The normalized spacial score (nSPS) is 16.5. The summed E-state index contributed by atoms with van der Waals surface area (Å²) in [6.07, 6.45) is 15.4. The van der Waals surface area contributed by atoms with Crippen LogP contribution in [0.2, 0.25) is 0 Å². The molecular weight excluding hydrogens is 532 g/mol. The van der Waals surface area contributed by atoms with Crippen LogP contribution in [0.1, 0.15) is 83.4 Å². The molecule has 0 radical (unpaired) electrons. The van der Waals surface area contributed by atoms with Crippen molar-refractivity contribution in [2.75, 3.05) is 46.8 Å². The molecule has 1 saturated carbocycles. The predicted octanol–water partition coefficient (Wildman–Crippen LogP) is 7.12. The number of rotatable bonds is 12. The maximum atomic E-state index is 10.5. The number of allylic oxidation sites excluding steroid dienone is 3. The van der Waals surface area contributed by atoms with Crippen molar-refractivity contribution in [2.45, 2.75) is 72.3 Å². The highest BCUT2D eigenvalue weighted by atomic mass is 16.1. The van der Waals surface area contributed by atoms with Gasteiger partial charge in [0.25, 0.3) is 0 Å². The van der Waals surface area contributed by atoms with Crippen LogP contribution >= 0.6 is 0 Å². The summed E-state index contributed by atoms with van der Waals surface area (Å²) < 4.78 is 0. The molecule has 2 N–H and O–H groups in total. The molecule has 0 aromatic heterocycles. The van der Waals surface area contributed by atoms with E-state index in [1.54, 1.807) is 6.08 Å². The summed E-state index contributed by atoms with van der Waals surface area (Å²) >= 11 is 0. The number of piperidine rings is 1. The van der Waals surface area contributed by atoms with Gasteiger partial charge in [-0.2, -0.15) is 0 Å². The molecule has 6 heteroatoms. The van der Waals surface area contributed by atoms with Gasteiger partial charge in [-0.3, -0.25) is 14.5 Å². The van der Waals surface area contributed by atoms with Crippen molar-refractivity contribution in [1.82, 2.24) is 20.4 Å². The SMILES string of the molecule is CC.CC.CN(C)/C=C\C(=C/C=O)c1ccccc1.O=CNCCNCC(c1ccccc1)N1CCCC2(CCCC2)C1. The Hall–Kier alpha value is -3.22. The minimum atomic E-state index is 0.431. The van der Waals surface area contributed by atoms with Gasteiger partial charge in [-0.1, -0.05) is 101 Å². The van der Waals surface area contributed by atoms with Crippen LogP contribution in [-0.4, -0.2) is 69.3 Å². The minimum absolute atomic E-state index is 0.431. The first kappa shape index (κ1) is 37.8. The fourth-order valence-electron chi connectivity index (χ4n) is 5.82. The van der Waals surface area contributed by atoms with Gasteiger partial charge >= 0.3 is 0 Å². The van der Waals surface area contributed by atoms with E-state index in [4.69, 9.17) is 0 Å². The second-order valence-electron chi connectivity index (χ2n) is 10.9. The molecule has 43 heavy (non-hydrogen) atoms. The Morgan fingerprint density at radius 2 is 1.49 bits per heavy atom. The number of carbonyl (C=O) groups is 2. The standard InChI is InChI=1S/C20H31N3O.C13H15NO.2C2H6/c24-17-22-13-12-21-15-19(18-7-2-1-3-8-18)23-14-6-11-20(16-23)9-4-5-10-20;1-14(2)10-8-13(9-11-15)12-6-4-3-5-7-12;2*1-2/h1-3,7-8,17,19,21H,4-6,9-16H2,(H,22,24);3-11H,1-2H3;2*1-2H3/b;10-8-,13-9+;;. The molecule has 238 valence electrons. The number of likely N-dealkylation sites (tertiary alicyclic amines) is 1. The third-order valence-electron chi connectivity index (χ3n) is 7.75. The van der Waals surface area contributed by atoms with E-state index >= 15 is 0 Å². The number of nitrogens with one attached hydrogen (secondary N) is 2. The number of carbonyl (C=O) groups excluding carboxylic acids is 2. The fourth-order valence-corrected chi connectivity index (χ4v) is 5.82. The van der Waals surface area contributed by atoms with Crippen molar-refractivity contribution in [2.24, 2.45) is 5.41 Å². The van der Waals surface area contributed by atoms with Crippen LogP contribution in [-0.2, 0) is 9.59 Å². The van der Waals surface area contributed by atoms with E-state index in [0.29, 0.717) is 18.0 Å². The average Bonchev–Trinajstić information content (AvgIpc) is 3.51. The average molecular weight is 591 g/mol. The van der Waals surface area contributed by atoms with Crippen molar-refractivity contribution >= 4 is 18.3 Å². The van der Waals surface area contributed by atoms with Crippen LogP contribution < -0.4 is 10.6 Å². The Balaban J connectivity index is 0.000000420. The molecule has 0 bridgehead atoms. The molecule has 2 aliphatic rings. The molecule has 2 aromatic carbocycles. The first-order chi connectivity index (χ1) is 21.1. The van der Waals surface area contributed by atoms with Crippen LogP contribution in [0.3, 0.4) is 0 Å². The Labute approximate surface area is 262 Å². The Morgan fingerprint density at radius 3 is 2.07 bits per heavy atom. The van der Waals surface area contributed by atoms with Crippen molar-refractivity contribution in [1.29, 1.82) is 0 Å². The molecule has 2 fully saturated rings. The first-order valence-electron chi connectivity index (χ1n) is 16.3. The fraction of sp³-hybridized carbons (Fsp3) is 0.514. The van der Waals surface area contributed by atoms with E-state index in [-0.39, 0.29) is 0 Å². The van der Waals surface area contributed by atoms with Crippen LogP contribution in [0.5, 0.6) is 0 Å². The van der Waals surface area contributed by atoms with Crippen molar-refractivity contribution in [3.63, 3.8) is 0 Å². The van der Waals surface area contributed by atoms with Gasteiger partial charge in [0.1, 0.15) is 6.29 Å². The lowest BCUT2D eigenvalue weighted by atomic mass is 9.78. The van der Waals surface area contributed by atoms with E-state index in [9.17, 15) is 9.59 Å². The van der Waals surface area contributed by atoms with E-state index in [1.165, 1.54) is 57.2 Å². The lowest BCUT2D eigenvalue weighted by Gasteiger charge is -2.44. The van der Waals surface area contributed by atoms with E-state index < -0.39 is 0 Å². The van der Waals surface area contributed by atoms with Gasteiger partial charge in [-0.05, 0) is 72.7 Å². The molecule has 1 spiro atoms. The monoisotopic (exact) mass is 590 g/mol. The van der Waals surface area contributed by atoms with E-state index in [1.807, 2.05) is 89.3 Å². The summed E-state index contributed by atoms with van der Waals surface area (Å²) in [5.74, 6) is 0. The van der Waals surface area contributed by atoms with Crippen LogP contribution in [0.4, 0.5) is 0 Å². The van der Waals surface area contributed by atoms with Gasteiger partial charge in [-0.15, -0.1) is 0 Å². The lowest BCUT2D eigenvalue weighted by molar-refractivity contribution is -0.109. The highest BCUT2D eigenvalue weighted by molar-refractivity contribution is 5.86. The smallest absolute Gasteiger partial charge is 0.207 e. The Kier molecular flexibility index (Phi) is 20.5.